The number of hydrogen-bond donors (Lipinski definition) is 3. The number of nitrogens with zero attached hydrogens (tertiary/aromatic N) is 2. The number of aromatic nitrogens is 1. The molecule has 176 valence electrons. The predicted octanol–water partition coefficient (Wildman–Crippen LogP) is 4.59. The molecule has 2 aromatic rings. The molecule has 0 saturated carbocycles. The summed E-state index contributed by atoms with van der Waals surface area (Å²) < 4.78 is 0. The normalized spacial score (nSPS) is 23.3. The number of likely N-dealkylation sites (tertiary alicyclic amines) is 1. The summed E-state index contributed by atoms with van der Waals surface area (Å²) in [6, 6.07) is 4.66. The van der Waals surface area contributed by atoms with E-state index in [4.69, 9.17) is 11.6 Å². The Labute approximate surface area is 196 Å². The third kappa shape index (κ3) is 4.13. The lowest BCUT2D eigenvalue weighted by Crippen LogP contribution is -2.58. The minimum atomic E-state index is -0.941. The molecule has 1 aromatic carbocycles. The van der Waals surface area contributed by atoms with Gasteiger partial charge in [-0.25, -0.2) is 4.79 Å². The number of piperidine rings is 1. The molecule has 0 bridgehead atoms. The van der Waals surface area contributed by atoms with Gasteiger partial charge in [0.25, 0.3) is 0 Å². The summed E-state index contributed by atoms with van der Waals surface area (Å²) >= 11 is 6.66. The Bertz CT molecular complexity index is 992. The van der Waals surface area contributed by atoms with Crippen LogP contribution in [0, 0.1) is 0 Å². The van der Waals surface area contributed by atoms with E-state index in [1.807, 2.05) is 38.7 Å². The molecule has 1 fully saturated rings. The third-order valence-corrected chi connectivity index (χ3v) is 7.64. The van der Waals surface area contributed by atoms with Gasteiger partial charge in [0.1, 0.15) is 5.15 Å². The fraction of sp³-hybridized carbons (Fsp3) is 0.640. The minimum absolute atomic E-state index is 0.0199. The van der Waals surface area contributed by atoms with Crippen LogP contribution in [0.5, 0.6) is 0 Å². The highest BCUT2D eigenvalue weighted by Crippen LogP contribution is 2.47. The lowest BCUT2D eigenvalue weighted by molar-refractivity contribution is 0.0779. The maximum absolute atomic E-state index is 12.8. The number of nitrogens with one attached hydrogen (secondary N) is 2. The molecule has 3 atom stereocenters. The molecule has 4 rings (SSSR count). The Kier molecular flexibility index (Phi) is 6.49. The van der Waals surface area contributed by atoms with Crippen LogP contribution in [0.15, 0.2) is 12.1 Å². The molecule has 2 amide bonds. The molecule has 1 aromatic heterocycles. The Hall–Kier alpha value is -1.76. The van der Waals surface area contributed by atoms with Crippen molar-refractivity contribution < 1.29 is 9.90 Å². The largest absolute Gasteiger partial charge is 0.386 e. The van der Waals surface area contributed by atoms with E-state index in [-0.39, 0.29) is 18.0 Å². The number of benzene rings is 1. The van der Waals surface area contributed by atoms with Crippen molar-refractivity contribution in [2.24, 2.45) is 0 Å². The molecule has 1 aliphatic heterocycles. The molecule has 2 aliphatic rings. The number of halogens is 1. The van der Waals surface area contributed by atoms with Gasteiger partial charge in [-0.1, -0.05) is 24.6 Å². The third-order valence-electron chi connectivity index (χ3n) is 7.32. The average Bonchev–Trinajstić information content (AvgIpc) is 3.05. The van der Waals surface area contributed by atoms with Crippen LogP contribution in [0.1, 0.15) is 70.1 Å². The Morgan fingerprint density at radius 2 is 2.03 bits per heavy atom. The number of amides is 2. The quantitative estimate of drug-likeness (QED) is 0.590. The molecule has 3 N–H and O–H groups in total. The van der Waals surface area contributed by atoms with Crippen molar-refractivity contribution >= 4 is 28.5 Å². The van der Waals surface area contributed by atoms with Gasteiger partial charge in [-0.05, 0) is 76.3 Å². The van der Waals surface area contributed by atoms with Crippen LogP contribution in [0.3, 0.4) is 0 Å². The number of aliphatic hydroxyl groups is 1. The van der Waals surface area contributed by atoms with Crippen LogP contribution in [0.25, 0.3) is 10.9 Å². The maximum atomic E-state index is 12.8. The summed E-state index contributed by atoms with van der Waals surface area (Å²) in [4.78, 5) is 20.6. The van der Waals surface area contributed by atoms with Crippen LogP contribution in [0.4, 0.5) is 4.79 Å². The van der Waals surface area contributed by atoms with Crippen molar-refractivity contribution in [3.8, 4) is 0 Å². The number of hydrogen-bond acceptors (Lipinski definition) is 3. The summed E-state index contributed by atoms with van der Waals surface area (Å²) in [5.41, 5.74) is 3.38. The maximum Gasteiger partial charge on any atom is 0.317 e. The summed E-state index contributed by atoms with van der Waals surface area (Å²) in [6.07, 6.45) is 2.87. The molecule has 7 heteroatoms. The zero-order valence-corrected chi connectivity index (χ0v) is 20.7. The first-order chi connectivity index (χ1) is 15.2. The molecular formula is C25H37ClN4O2. The van der Waals surface area contributed by atoms with E-state index in [0.717, 1.165) is 43.4 Å². The van der Waals surface area contributed by atoms with Crippen LogP contribution >= 0.6 is 11.6 Å². The van der Waals surface area contributed by atoms with E-state index in [2.05, 4.69) is 28.2 Å². The van der Waals surface area contributed by atoms with Gasteiger partial charge in [-0.2, -0.15) is 0 Å². The van der Waals surface area contributed by atoms with E-state index in [0.29, 0.717) is 24.3 Å². The van der Waals surface area contributed by atoms with Crippen molar-refractivity contribution in [1.82, 2.24) is 20.1 Å². The van der Waals surface area contributed by atoms with E-state index in [9.17, 15) is 9.90 Å². The molecule has 32 heavy (non-hydrogen) atoms. The average molecular weight is 461 g/mol. The second-order valence-corrected chi connectivity index (χ2v) is 10.3. The monoisotopic (exact) mass is 460 g/mol. The van der Waals surface area contributed by atoms with Gasteiger partial charge in [0.2, 0.25) is 0 Å². The van der Waals surface area contributed by atoms with Gasteiger partial charge in [0, 0.05) is 48.5 Å². The minimum Gasteiger partial charge on any atom is -0.386 e. The summed E-state index contributed by atoms with van der Waals surface area (Å²) in [6.45, 7) is 13.1. The van der Waals surface area contributed by atoms with Crippen LogP contribution < -0.4 is 5.32 Å². The number of carbonyl (C=O) groups is 1. The van der Waals surface area contributed by atoms with Gasteiger partial charge in [-0.3, -0.25) is 4.90 Å². The number of aromatic amines is 1. The topological polar surface area (TPSA) is 71.6 Å². The second-order valence-electron chi connectivity index (χ2n) is 9.89. The zero-order valence-electron chi connectivity index (χ0n) is 20.0. The first-order valence-corrected chi connectivity index (χ1v) is 12.4. The smallest absolute Gasteiger partial charge is 0.317 e. The molecule has 0 radical (unpaired) electrons. The van der Waals surface area contributed by atoms with Crippen molar-refractivity contribution in [2.45, 2.75) is 77.5 Å². The van der Waals surface area contributed by atoms with E-state index >= 15 is 0 Å². The van der Waals surface area contributed by atoms with Crippen molar-refractivity contribution in [3.63, 3.8) is 0 Å². The number of fused-ring (bicyclic) bond motifs is 2. The molecule has 0 unspecified atom stereocenters. The molecule has 1 aliphatic carbocycles. The number of rotatable bonds is 6. The second kappa shape index (κ2) is 8.88. The molecule has 2 heterocycles. The Morgan fingerprint density at radius 1 is 1.31 bits per heavy atom. The van der Waals surface area contributed by atoms with Gasteiger partial charge >= 0.3 is 6.03 Å². The van der Waals surface area contributed by atoms with E-state index in [1.54, 1.807) is 0 Å². The molecule has 0 spiro atoms. The highest BCUT2D eigenvalue weighted by Gasteiger charge is 2.42. The SMILES string of the molecule is CCCN1C[C@@H](NC(=O)N(CC)CC)C[C@@H]2c3cc(C(C)(C)O)cc4[nH]c(Cl)c(c34)C[C@H]21. The van der Waals surface area contributed by atoms with Gasteiger partial charge in [0.05, 0.1) is 5.60 Å². The van der Waals surface area contributed by atoms with Gasteiger partial charge < -0.3 is 20.3 Å². The molecule has 6 nitrogen and oxygen atoms in total. The number of carbonyl (C=O) groups excluding carboxylic acids is 1. The zero-order chi connectivity index (χ0) is 23.2. The summed E-state index contributed by atoms with van der Waals surface area (Å²) in [7, 11) is 0. The standard InChI is InChI=1S/C25H37ClN4O2/c1-6-9-30-14-16(27-24(31)29(7-2)8-3)12-17-18-10-15(25(4,5)32)11-20-22(18)19(13-21(17)30)23(26)28-20/h10-11,16-17,21,28,32H,6-9,12-14H2,1-5H3,(H,27,31)/t16-,17+,21+/m0/s1. The van der Waals surface area contributed by atoms with E-state index < -0.39 is 5.60 Å². The van der Waals surface area contributed by atoms with Gasteiger partial charge in [0.15, 0.2) is 0 Å². The van der Waals surface area contributed by atoms with Crippen LogP contribution in [0.2, 0.25) is 5.15 Å². The lowest BCUT2D eigenvalue weighted by Gasteiger charge is -2.47. The lowest BCUT2D eigenvalue weighted by atomic mass is 9.72. The predicted molar refractivity (Wildman–Crippen MR) is 131 cm³/mol. The fourth-order valence-corrected chi connectivity index (χ4v) is 5.97. The first kappa shape index (κ1) is 23.4. The Balaban J connectivity index is 1.75. The summed E-state index contributed by atoms with van der Waals surface area (Å²) in [5.74, 6) is 0.279. The van der Waals surface area contributed by atoms with Crippen LogP contribution in [-0.4, -0.2) is 64.2 Å². The fourth-order valence-electron chi connectivity index (χ4n) is 5.69. The first-order valence-electron chi connectivity index (χ1n) is 12.0. The highest BCUT2D eigenvalue weighted by atomic mass is 35.5. The summed E-state index contributed by atoms with van der Waals surface area (Å²) in [5, 5.41) is 16.0. The number of H-pyrrole nitrogens is 1. The van der Waals surface area contributed by atoms with Crippen molar-refractivity contribution in [3.05, 3.63) is 34.0 Å². The Morgan fingerprint density at radius 3 is 2.66 bits per heavy atom. The van der Waals surface area contributed by atoms with Crippen molar-refractivity contribution in [2.75, 3.05) is 26.2 Å². The highest BCUT2D eigenvalue weighted by molar-refractivity contribution is 6.32. The van der Waals surface area contributed by atoms with Gasteiger partial charge in [-0.15, -0.1) is 0 Å². The molecular weight excluding hydrogens is 424 g/mol. The van der Waals surface area contributed by atoms with Crippen LogP contribution in [-0.2, 0) is 12.0 Å². The molecule has 1 saturated heterocycles. The number of urea groups is 1. The van der Waals surface area contributed by atoms with Crippen molar-refractivity contribution in [1.29, 1.82) is 0 Å². The van der Waals surface area contributed by atoms with E-state index in [1.165, 1.54) is 16.5 Å².